The summed E-state index contributed by atoms with van der Waals surface area (Å²) in [5.41, 5.74) is 12.8. The number of carbonyl (C=O) groups is 1. The van der Waals surface area contributed by atoms with Crippen LogP contribution in [0.5, 0.6) is 0 Å². The number of rotatable bonds is 6. The lowest BCUT2D eigenvalue weighted by molar-refractivity contribution is 0.0730. The third-order valence-corrected chi connectivity index (χ3v) is 8.30. The number of anilines is 3. The molecule has 0 saturated carbocycles. The SMILES string of the molecule is CC(C)(C)c1cc(Nc2nc(N3CCCC(N)C3)ncc2C(N)=O)cc(S(=O)(=O)N2CCOCC2)c1. The topological polar surface area (TPSA) is 157 Å². The van der Waals surface area contributed by atoms with Crippen LogP contribution in [0.3, 0.4) is 0 Å². The molecule has 0 aliphatic carbocycles. The molecule has 36 heavy (non-hydrogen) atoms. The highest BCUT2D eigenvalue weighted by Gasteiger charge is 2.29. The minimum atomic E-state index is -3.75. The molecule has 2 saturated heterocycles. The summed E-state index contributed by atoms with van der Waals surface area (Å²) in [5, 5.41) is 3.15. The number of nitrogens with one attached hydrogen (secondary N) is 1. The van der Waals surface area contributed by atoms with Gasteiger partial charge in [0.2, 0.25) is 16.0 Å². The van der Waals surface area contributed by atoms with E-state index in [2.05, 4.69) is 15.3 Å². The van der Waals surface area contributed by atoms with Crippen molar-refractivity contribution < 1.29 is 17.9 Å². The van der Waals surface area contributed by atoms with Crippen molar-refractivity contribution in [1.29, 1.82) is 0 Å². The van der Waals surface area contributed by atoms with Gasteiger partial charge in [-0.05, 0) is 42.0 Å². The molecule has 2 aromatic rings. The smallest absolute Gasteiger partial charge is 0.254 e. The van der Waals surface area contributed by atoms with Gasteiger partial charge in [-0.3, -0.25) is 4.79 Å². The number of primary amides is 1. The molecule has 196 valence electrons. The molecule has 1 unspecified atom stereocenters. The van der Waals surface area contributed by atoms with Crippen LogP contribution in [0.1, 0.15) is 49.5 Å². The zero-order valence-electron chi connectivity index (χ0n) is 21.0. The fourth-order valence-electron chi connectivity index (χ4n) is 4.32. The van der Waals surface area contributed by atoms with Crippen LogP contribution in [0.25, 0.3) is 0 Å². The molecule has 1 aromatic carbocycles. The van der Waals surface area contributed by atoms with Gasteiger partial charge < -0.3 is 26.4 Å². The van der Waals surface area contributed by atoms with Crippen molar-refractivity contribution in [3.8, 4) is 0 Å². The number of piperidine rings is 1. The quantitative estimate of drug-likeness (QED) is 0.517. The van der Waals surface area contributed by atoms with Crippen molar-refractivity contribution in [2.45, 2.75) is 50.0 Å². The average Bonchev–Trinajstić information content (AvgIpc) is 2.83. The van der Waals surface area contributed by atoms with Crippen LogP contribution in [0, 0.1) is 0 Å². The van der Waals surface area contributed by atoms with Crippen LogP contribution in [-0.2, 0) is 20.2 Å². The second kappa shape index (κ2) is 10.3. The predicted octanol–water partition coefficient (Wildman–Crippen LogP) is 1.57. The maximum atomic E-state index is 13.5. The molecule has 1 aromatic heterocycles. The number of carbonyl (C=O) groups excluding carboxylic acids is 1. The van der Waals surface area contributed by atoms with Crippen molar-refractivity contribution in [1.82, 2.24) is 14.3 Å². The maximum Gasteiger partial charge on any atom is 0.254 e. The van der Waals surface area contributed by atoms with Gasteiger partial charge in [-0.25, -0.2) is 13.4 Å². The number of benzene rings is 1. The fraction of sp³-hybridized carbons (Fsp3) is 0.542. The lowest BCUT2D eigenvalue weighted by atomic mass is 9.87. The summed E-state index contributed by atoms with van der Waals surface area (Å²) in [6.07, 6.45) is 3.24. The largest absolute Gasteiger partial charge is 0.379 e. The lowest BCUT2D eigenvalue weighted by Crippen LogP contribution is -2.43. The summed E-state index contributed by atoms with van der Waals surface area (Å²) in [6, 6.07) is 5.14. The van der Waals surface area contributed by atoms with E-state index in [1.165, 1.54) is 10.5 Å². The van der Waals surface area contributed by atoms with Crippen LogP contribution in [0.2, 0.25) is 0 Å². The standard InChI is InChI=1S/C24H35N7O4S/c1-24(2,3)16-11-18(13-19(12-16)36(33,34)31-7-9-35-10-8-31)28-22-20(21(26)32)14-27-23(29-22)30-6-4-5-17(25)15-30/h11-14,17H,4-10,15,25H2,1-3H3,(H2,26,32)(H,27,28,29). The number of sulfonamides is 1. The third kappa shape index (κ3) is 5.77. The Hall–Kier alpha value is -2.80. The van der Waals surface area contributed by atoms with Crippen molar-refractivity contribution >= 4 is 33.4 Å². The summed E-state index contributed by atoms with van der Waals surface area (Å²) in [5.74, 6) is -0.0363. The predicted molar refractivity (Wildman–Crippen MR) is 138 cm³/mol. The second-order valence-electron chi connectivity index (χ2n) is 10.3. The van der Waals surface area contributed by atoms with E-state index < -0.39 is 15.9 Å². The van der Waals surface area contributed by atoms with Gasteiger partial charge >= 0.3 is 0 Å². The molecule has 2 aliphatic heterocycles. The highest BCUT2D eigenvalue weighted by Crippen LogP contribution is 2.32. The van der Waals surface area contributed by atoms with E-state index in [0.717, 1.165) is 24.9 Å². The van der Waals surface area contributed by atoms with Crippen molar-refractivity contribution in [2.24, 2.45) is 11.5 Å². The van der Waals surface area contributed by atoms with E-state index in [4.69, 9.17) is 16.2 Å². The Morgan fingerprint density at radius 3 is 2.53 bits per heavy atom. The first-order chi connectivity index (χ1) is 16.9. The van der Waals surface area contributed by atoms with E-state index in [1.807, 2.05) is 31.7 Å². The Morgan fingerprint density at radius 2 is 1.89 bits per heavy atom. The summed E-state index contributed by atoms with van der Waals surface area (Å²) in [6.45, 7) is 8.69. The Balaban J connectivity index is 1.75. The normalized spacial score (nSPS) is 19.8. The van der Waals surface area contributed by atoms with Gasteiger partial charge in [0.25, 0.3) is 5.91 Å². The highest BCUT2D eigenvalue weighted by molar-refractivity contribution is 7.89. The van der Waals surface area contributed by atoms with Crippen LogP contribution >= 0.6 is 0 Å². The number of hydrogen-bond acceptors (Lipinski definition) is 9. The molecule has 12 heteroatoms. The molecule has 11 nitrogen and oxygen atoms in total. The Morgan fingerprint density at radius 1 is 1.17 bits per heavy atom. The third-order valence-electron chi connectivity index (χ3n) is 6.43. The number of aromatic nitrogens is 2. The molecule has 3 heterocycles. The monoisotopic (exact) mass is 517 g/mol. The lowest BCUT2D eigenvalue weighted by Gasteiger charge is -2.31. The Kier molecular flexibility index (Phi) is 7.51. The first kappa shape index (κ1) is 26.3. The molecule has 0 spiro atoms. The van der Waals surface area contributed by atoms with E-state index in [-0.39, 0.29) is 27.7 Å². The average molecular weight is 518 g/mol. The zero-order valence-corrected chi connectivity index (χ0v) is 21.8. The Bertz CT molecular complexity index is 1220. The number of ether oxygens (including phenoxy) is 1. The molecule has 2 aliphatic rings. The zero-order chi connectivity index (χ0) is 26.1. The summed E-state index contributed by atoms with van der Waals surface area (Å²) in [7, 11) is -3.75. The minimum absolute atomic E-state index is 0.0194. The molecule has 0 bridgehead atoms. The molecule has 0 radical (unpaired) electrons. The van der Waals surface area contributed by atoms with Crippen molar-refractivity contribution in [3.63, 3.8) is 0 Å². The molecular weight excluding hydrogens is 482 g/mol. The molecule has 4 rings (SSSR count). The van der Waals surface area contributed by atoms with Crippen LogP contribution in [-0.4, -0.2) is 74.0 Å². The van der Waals surface area contributed by atoms with Crippen LogP contribution in [0.15, 0.2) is 29.3 Å². The van der Waals surface area contributed by atoms with Gasteiger partial charge in [0.15, 0.2) is 0 Å². The van der Waals surface area contributed by atoms with Gasteiger partial charge in [-0.15, -0.1) is 0 Å². The van der Waals surface area contributed by atoms with Gasteiger partial charge in [0.05, 0.1) is 18.1 Å². The van der Waals surface area contributed by atoms with Crippen molar-refractivity contribution in [3.05, 3.63) is 35.5 Å². The highest BCUT2D eigenvalue weighted by atomic mass is 32.2. The fourth-order valence-corrected chi connectivity index (χ4v) is 5.80. The van der Waals surface area contributed by atoms with E-state index in [1.54, 1.807) is 12.1 Å². The summed E-state index contributed by atoms with van der Waals surface area (Å²) >= 11 is 0. The van der Waals surface area contributed by atoms with E-state index >= 15 is 0 Å². The number of amides is 1. The van der Waals surface area contributed by atoms with Gasteiger partial charge in [0.1, 0.15) is 11.4 Å². The molecule has 1 amide bonds. The van der Waals surface area contributed by atoms with Gasteiger partial charge in [0, 0.05) is 44.1 Å². The van der Waals surface area contributed by atoms with Gasteiger partial charge in [-0.1, -0.05) is 20.8 Å². The van der Waals surface area contributed by atoms with Gasteiger partial charge in [-0.2, -0.15) is 9.29 Å². The molecule has 1 atom stereocenters. The number of morpholine rings is 1. The van der Waals surface area contributed by atoms with Crippen molar-refractivity contribution in [2.75, 3.05) is 49.6 Å². The molecule has 2 fully saturated rings. The first-order valence-electron chi connectivity index (χ1n) is 12.1. The van der Waals surface area contributed by atoms with Crippen LogP contribution in [0.4, 0.5) is 17.5 Å². The number of nitrogens with two attached hydrogens (primary N) is 2. The maximum absolute atomic E-state index is 13.5. The Labute approximate surface area is 212 Å². The second-order valence-corrected chi connectivity index (χ2v) is 12.2. The van der Waals surface area contributed by atoms with Crippen LogP contribution < -0.4 is 21.7 Å². The first-order valence-corrected chi connectivity index (χ1v) is 13.6. The van der Waals surface area contributed by atoms with E-state index in [9.17, 15) is 13.2 Å². The number of hydrogen-bond donors (Lipinski definition) is 3. The minimum Gasteiger partial charge on any atom is -0.379 e. The number of nitrogens with zero attached hydrogens (tertiary/aromatic N) is 4. The molecular formula is C24H35N7O4S. The molecule has 5 N–H and O–H groups in total. The summed E-state index contributed by atoms with van der Waals surface area (Å²) in [4.78, 5) is 23.2. The summed E-state index contributed by atoms with van der Waals surface area (Å²) < 4.78 is 33.7. The van der Waals surface area contributed by atoms with E-state index in [0.29, 0.717) is 44.5 Å².